The van der Waals surface area contributed by atoms with E-state index < -0.39 is 6.43 Å². The summed E-state index contributed by atoms with van der Waals surface area (Å²) in [6.45, 7) is 2.32. The molecular formula is C18H20F2N6. The summed E-state index contributed by atoms with van der Waals surface area (Å²) in [6.07, 6.45) is -0.386. The smallest absolute Gasteiger partial charge is 0.280 e. The minimum Gasteiger partial charge on any atom is -0.354 e. The highest BCUT2D eigenvalue weighted by Crippen LogP contribution is 2.25. The van der Waals surface area contributed by atoms with Crippen molar-refractivity contribution in [2.75, 3.05) is 31.6 Å². The Morgan fingerprint density at radius 3 is 2.77 bits per heavy atom. The number of benzene rings is 1. The largest absolute Gasteiger partial charge is 0.354 e. The van der Waals surface area contributed by atoms with Crippen LogP contribution in [-0.2, 0) is 6.42 Å². The van der Waals surface area contributed by atoms with Crippen LogP contribution in [0.5, 0.6) is 0 Å². The Labute approximate surface area is 150 Å². The number of likely N-dealkylation sites (N-methyl/N-ethyl adjacent to an activating group) is 1. The topological polar surface area (TPSA) is 49.6 Å². The van der Waals surface area contributed by atoms with Gasteiger partial charge in [0.15, 0.2) is 0 Å². The third-order valence-electron chi connectivity index (χ3n) is 4.89. The lowest BCUT2D eigenvalue weighted by Gasteiger charge is -2.40. The predicted octanol–water partition coefficient (Wildman–Crippen LogP) is 2.43. The van der Waals surface area contributed by atoms with Crippen LogP contribution >= 0.6 is 0 Å². The van der Waals surface area contributed by atoms with E-state index >= 15 is 0 Å². The summed E-state index contributed by atoms with van der Waals surface area (Å²) in [6, 6.07) is 12.0. The van der Waals surface area contributed by atoms with Crippen LogP contribution in [0, 0.1) is 0 Å². The Hall–Kier alpha value is -2.61. The van der Waals surface area contributed by atoms with Gasteiger partial charge >= 0.3 is 0 Å². The highest BCUT2D eigenvalue weighted by atomic mass is 19.3. The quantitative estimate of drug-likeness (QED) is 0.717. The van der Waals surface area contributed by atoms with Gasteiger partial charge in [-0.05, 0) is 19.0 Å². The zero-order chi connectivity index (χ0) is 18.1. The van der Waals surface area contributed by atoms with Crippen molar-refractivity contribution in [2.45, 2.75) is 18.9 Å². The van der Waals surface area contributed by atoms with Gasteiger partial charge in [-0.3, -0.25) is 4.90 Å². The molecule has 0 bridgehead atoms. The van der Waals surface area contributed by atoms with Crippen LogP contribution in [-0.4, -0.2) is 57.2 Å². The summed E-state index contributed by atoms with van der Waals surface area (Å²) in [5.74, 6) is 0.824. The molecule has 1 unspecified atom stereocenters. The van der Waals surface area contributed by atoms with Crippen LogP contribution in [0.25, 0.3) is 5.78 Å². The molecule has 3 aromatic rings. The fraction of sp³-hybridized carbons (Fsp3) is 0.389. The molecule has 136 valence electrons. The van der Waals surface area contributed by atoms with E-state index in [1.165, 1.54) is 22.5 Å². The third-order valence-corrected chi connectivity index (χ3v) is 4.89. The summed E-state index contributed by atoms with van der Waals surface area (Å²) in [5, 5.41) is 4.17. The Morgan fingerprint density at radius 2 is 2.00 bits per heavy atom. The lowest BCUT2D eigenvalue weighted by Crippen LogP contribution is -2.52. The van der Waals surface area contributed by atoms with Crippen molar-refractivity contribution in [1.29, 1.82) is 0 Å². The molecule has 0 amide bonds. The minimum atomic E-state index is -2.64. The monoisotopic (exact) mass is 358 g/mol. The lowest BCUT2D eigenvalue weighted by molar-refractivity contribution is 0.146. The summed E-state index contributed by atoms with van der Waals surface area (Å²) in [4.78, 5) is 12.3. The molecule has 0 radical (unpaired) electrons. The Balaban J connectivity index is 1.63. The van der Waals surface area contributed by atoms with Crippen LogP contribution in [0.2, 0.25) is 0 Å². The first kappa shape index (κ1) is 16.8. The van der Waals surface area contributed by atoms with Crippen molar-refractivity contribution >= 4 is 11.6 Å². The third kappa shape index (κ3) is 3.24. The van der Waals surface area contributed by atoms with Crippen molar-refractivity contribution in [3.63, 3.8) is 0 Å². The number of piperazine rings is 1. The Kier molecular flexibility index (Phi) is 4.50. The maximum Gasteiger partial charge on any atom is 0.280 e. The number of rotatable bonds is 4. The highest BCUT2D eigenvalue weighted by molar-refractivity contribution is 5.48. The zero-order valence-electron chi connectivity index (χ0n) is 14.5. The van der Waals surface area contributed by atoms with Crippen molar-refractivity contribution in [3.8, 4) is 0 Å². The van der Waals surface area contributed by atoms with E-state index in [1.807, 2.05) is 18.2 Å². The van der Waals surface area contributed by atoms with E-state index in [0.29, 0.717) is 5.82 Å². The van der Waals surface area contributed by atoms with E-state index in [0.717, 1.165) is 26.1 Å². The molecule has 4 rings (SSSR count). The average molecular weight is 358 g/mol. The first-order valence-electron chi connectivity index (χ1n) is 8.60. The molecule has 26 heavy (non-hydrogen) atoms. The van der Waals surface area contributed by atoms with E-state index in [-0.39, 0.29) is 17.5 Å². The first-order chi connectivity index (χ1) is 12.6. The maximum atomic E-state index is 13.2. The maximum absolute atomic E-state index is 13.2. The average Bonchev–Trinajstić information content (AvgIpc) is 3.12. The normalized spacial score (nSPS) is 18.8. The van der Waals surface area contributed by atoms with E-state index in [2.05, 4.69) is 44.0 Å². The van der Waals surface area contributed by atoms with Gasteiger partial charge in [-0.25, -0.2) is 13.8 Å². The number of halogens is 2. The SMILES string of the molecule is CN1CCN(c2cc(C(F)F)nc3ncnn23)CC1Cc1ccccc1. The van der Waals surface area contributed by atoms with E-state index in [4.69, 9.17) is 0 Å². The highest BCUT2D eigenvalue weighted by Gasteiger charge is 2.27. The van der Waals surface area contributed by atoms with Crippen molar-refractivity contribution in [3.05, 3.63) is 54.0 Å². The Morgan fingerprint density at radius 1 is 1.19 bits per heavy atom. The van der Waals surface area contributed by atoms with Crippen molar-refractivity contribution in [2.24, 2.45) is 0 Å². The molecule has 8 heteroatoms. The van der Waals surface area contributed by atoms with Gasteiger partial charge in [-0.15, -0.1) is 0 Å². The Bertz CT molecular complexity index is 882. The molecule has 1 aromatic carbocycles. The predicted molar refractivity (Wildman–Crippen MR) is 94.5 cm³/mol. The molecule has 0 saturated carbocycles. The number of alkyl halides is 2. The first-order valence-corrected chi connectivity index (χ1v) is 8.60. The molecule has 3 heterocycles. The van der Waals surface area contributed by atoms with Crippen LogP contribution in [0.4, 0.5) is 14.6 Å². The standard InChI is InChI=1S/C18H20F2N6/c1-24-7-8-25(11-14(24)9-13-5-3-2-4-6-13)16-10-15(17(19)20)23-18-21-12-22-26(16)18/h2-6,10,12,14,17H,7-9,11H2,1H3. The van der Waals surface area contributed by atoms with Gasteiger partial charge in [-0.2, -0.15) is 14.6 Å². The van der Waals surface area contributed by atoms with Gasteiger partial charge in [0.25, 0.3) is 12.2 Å². The molecule has 1 aliphatic heterocycles. The van der Waals surface area contributed by atoms with Crippen LogP contribution in [0.1, 0.15) is 17.7 Å². The fourth-order valence-corrected chi connectivity index (χ4v) is 3.41. The van der Waals surface area contributed by atoms with Gasteiger partial charge < -0.3 is 4.90 Å². The number of hydrogen-bond acceptors (Lipinski definition) is 5. The summed E-state index contributed by atoms with van der Waals surface area (Å²) in [5.41, 5.74) is 0.999. The van der Waals surface area contributed by atoms with Gasteiger partial charge in [0.05, 0.1) is 0 Å². The number of aromatic nitrogens is 4. The molecule has 1 fully saturated rings. The summed E-state index contributed by atoms with van der Waals surface area (Å²) < 4.78 is 28.0. The molecular weight excluding hydrogens is 338 g/mol. The molecule has 1 saturated heterocycles. The van der Waals surface area contributed by atoms with Gasteiger partial charge in [0.1, 0.15) is 17.8 Å². The molecule has 0 aliphatic carbocycles. The van der Waals surface area contributed by atoms with Crippen LogP contribution in [0.15, 0.2) is 42.7 Å². The molecule has 6 nitrogen and oxygen atoms in total. The van der Waals surface area contributed by atoms with Crippen molar-refractivity contribution < 1.29 is 8.78 Å². The van der Waals surface area contributed by atoms with Crippen LogP contribution < -0.4 is 4.90 Å². The molecule has 0 N–H and O–H groups in total. The number of fused-ring (bicyclic) bond motifs is 1. The van der Waals surface area contributed by atoms with Gasteiger partial charge in [0.2, 0.25) is 0 Å². The second-order valence-corrected chi connectivity index (χ2v) is 6.58. The van der Waals surface area contributed by atoms with Crippen LogP contribution in [0.3, 0.4) is 0 Å². The molecule has 0 spiro atoms. The van der Waals surface area contributed by atoms with Gasteiger partial charge in [-0.1, -0.05) is 30.3 Å². The summed E-state index contributed by atoms with van der Waals surface area (Å²) >= 11 is 0. The lowest BCUT2D eigenvalue weighted by atomic mass is 10.0. The minimum absolute atomic E-state index is 0.205. The molecule has 1 aliphatic rings. The van der Waals surface area contributed by atoms with Gasteiger partial charge in [0, 0.05) is 31.7 Å². The number of hydrogen-bond donors (Lipinski definition) is 0. The number of nitrogens with zero attached hydrogens (tertiary/aromatic N) is 6. The number of anilines is 1. The fourth-order valence-electron chi connectivity index (χ4n) is 3.41. The van der Waals surface area contributed by atoms with E-state index in [1.54, 1.807) is 0 Å². The molecule has 1 atom stereocenters. The zero-order valence-corrected chi connectivity index (χ0v) is 14.5. The van der Waals surface area contributed by atoms with E-state index in [9.17, 15) is 8.78 Å². The summed E-state index contributed by atoms with van der Waals surface area (Å²) in [7, 11) is 2.10. The van der Waals surface area contributed by atoms with Crippen molar-refractivity contribution in [1.82, 2.24) is 24.5 Å². The second-order valence-electron chi connectivity index (χ2n) is 6.58. The second kappa shape index (κ2) is 6.95. The molecule has 2 aromatic heterocycles.